The van der Waals surface area contributed by atoms with Gasteiger partial charge in [-0.1, -0.05) is 97.1 Å². The number of nitrogens with zero attached hydrogens (tertiary/aromatic N) is 3. The summed E-state index contributed by atoms with van der Waals surface area (Å²) in [6, 6.07) is 60.8. The maximum absolute atomic E-state index is 6.91. The van der Waals surface area contributed by atoms with E-state index in [-0.39, 0.29) is 0 Å². The van der Waals surface area contributed by atoms with Gasteiger partial charge in [-0.2, -0.15) is 0 Å². The molecule has 0 N–H and O–H groups in total. The van der Waals surface area contributed by atoms with E-state index in [0.29, 0.717) is 11.5 Å². The van der Waals surface area contributed by atoms with E-state index in [1.54, 1.807) is 0 Å². The van der Waals surface area contributed by atoms with Crippen molar-refractivity contribution < 1.29 is 13.3 Å². The molecule has 4 aromatic heterocycles. The highest BCUT2D eigenvalue weighted by Gasteiger charge is 2.26. The lowest BCUT2D eigenvalue weighted by Gasteiger charge is -2.27. The average Bonchev–Trinajstić information content (AvgIpc) is 4.02. The van der Waals surface area contributed by atoms with Gasteiger partial charge in [0.2, 0.25) is 5.89 Å². The topological polar surface area (TPSA) is 60.5 Å². The van der Waals surface area contributed by atoms with Gasteiger partial charge >= 0.3 is 0 Å². The minimum absolute atomic E-state index is 0.580. The third-order valence-corrected chi connectivity index (χ3v) is 10.8. The van der Waals surface area contributed by atoms with Crippen LogP contribution in [0, 0.1) is 0 Å². The first-order valence-electron chi connectivity index (χ1n) is 18.4. The zero-order valence-electron chi connectivity index (χ0n) is 29.3. The minimum atomic E-state index is 0.580. The highest BCUT2D eigenvalue weighted by Crippen LogP contribution is 2.48. The molecule has 0 aliphatic rings. The van der Waals surface area contributed by atoms with E-state index in [1.807, 2.05) is 54.6 Å². The molecule has 0 radical (unpaired) electrons. The Labute approximate surface area is 313 Å². The lowest BCUT2D eigenvalue weighted by Crippen LogP contribution is -2.12. The molecule has 12 aromatic rings. The number of aromatic nitrogens is 2. The van der Waals surface area contributed by atoms with Gasteiger partial charge in [0.15, 0.2) is 11.2 Å². The molecule has 6 nitrogen and oxygen atoms in total. The molecular weight excluding hydrogens is 679 g/mol. The number of fused-ring (bicyclic) bond motifs is 11. The van der Waals surface area contributed by atoms with Gasteiger partial charge < -0.3 is 22.7 Å². The molecule has 0 saturated heterocycles. The van der Waals surface area contributed by atoms with Crippen LogP contribution in [-0.4, -0.2) is 9.55 Å². The lowest BCUT2D eigenvalue weighted by atomic mass is 10.1. The molecule has 4 heterocycles. The largest absolute Gasteiger partial charge is 0.456 e. The van der Waals surface area contributed by atoms with E-state index < -0.39 is 0 Å². The normalized spacial score (nSPS) is 12.0. The van der Waals surface area contributed by atoms with Crippen LogP contribution in [0.15, 0.2) is 189 Å². The SMILES string of the molecule is c1ccc(-c2nc3c(ccc4oc5c(N(c6ccc7oc8ccccc8c7c6)c6cccc7c8ccccc8n(-c8ccccc8)c67)cccc5c43)o2)cc1. The molecule has 0 atom stereocenters. The van der Waals surface area contributed by atoms with Crippen LogP contribution in [0.4, 0.5) is 17.1 Å². The van der Waals surface area contributed by atoms with E-state index >= 15 is 0 Å². The van der Waals surface area contributed by atoms with Gasteiger partial charge in [-0.15, -0.1) is 0 Å². The number of para-hydroxylation sites is 5. The van der Waals surface area contributed by atoms with Gasteiger partial charge in [0.25, 0.3) is 0 Å². The van der Waals surface area contributed by atoms with Crippen molar-refractivity contribution in [1.29, 1.82) is 0 Å². The molecule has 0 aliphatic heterocycles. The van der Waals surface area contributed by atoms with Gasteiger partial charge in [0.05, 0.1) is 27.8 Å². The van der Waals surface area contributed by atoms with Crippen LogP contribution >= 0.6 is 0 Å². The molecule has 0 spiro atoms. The second kappa shape index (κ2) is 11.5. The Bertz CT molecular complexity index is 3440. The van der Waals surface area contributed by atoms with E-state index in [2.05, 4.69) is 131 Å². The Morgan fingerprint density at radius 1 is 0.455 bits per heavy atom. The van der Waals surface area contributed by atoms with Crippen molar-refractivity contribution in [2.75, 3.05) is 4.90 Å². The van der Waals surface area contributed by atoms with Crippen LogP contribution in [0.1, 0.15) is 0 Å². The Morgan fingerprint density at radius 2 is 1.13 bits per heavy atom. The number of hydrogen-bond acceptors (Lipinski definition) is 5. The van der Waals surface area contributed by atoms with Crippen molar-refractivity contribution in [3.05, 3.63) is 176 Å². The predicted octanol–water partition coefficient (Wildman–Crippen LogP) is 13.9. The highest BCUT2D eigenvalue weighted by atomic mass is 16.4. The van der Waals surface area contributed by atoms with Crippen molar-refractivity contribution in [2.24, 2.45) is 0 Å². The molecule has 0 aliphatic carbocycles. The zero-order chi connectivity index (χ0) is 36.0. The number of oxazole rings is 1. The lowest BCUT2D eigenvalue weighted by molar-refractivity contribution is 0.619. The molecule has 12 rings (SSSR count). The molecule has 0 saturated carbocycles. The molecular formula is C49H29N3O3. The zero-order valence-corrected chi connectivity index (χ0v) is 29.3. The molecule has 0 unspecified atom stereocenters. The fourth-order valence-electron chi connectivity index (χ4n) is 8.43. The Hall–Kier alpha value is -7.57. The van der Waals surface area contributed by atoms with Gasteiger partial charge in [-0.25, -0.2) is 4.98 Å². The summed E-state index contributed by atoms with van der Waals surface area (Å²) in [5.74, 6) is 0.580. The number of furan rings is 2. The second-order valence-electron chi connectivity index (χ2n) is 13.9. The average molecular weight is 708 g/mol. The fraction of sp³-hybridized carbons (Fsp3) is 0. The summed E-state index contributed by atoms with van der Waals surface area (Å²) in [6.45, 7) is 0. The van der Waals surface area contributed by atoms with Crippen LogP contribution in [0.2, 0.25) is 0 Å². The van der Waals surface area contributed by atoms with Crippen molar-refractivity contribution in [1.82, 2.24) is 9.55 Å². The molecule has 0 bridgehead atoms. The summed E-state index contributed by atoms with van der Waals surface area (Å²) in [5.41, 5.74) is 11.8. The summed E-state index contributed by atoms with van der Waals surface area (Å²) in [4.78, 5) is 7.37. The standard InChI is InChI=1S/C49H29N3O3/c1-3-13-30(14-4-1)49-50-46-44(55-49)28-27-43-45(46)36-20-12-23-40(48(36)54-43)51(32-25-26-42-37(29-32)34-18-8-10-24-41(34)53-42)39-22-11-19-35-33-17-7-9-21-38(33)52(47(35)39)31-15-5-2-6-16-31/h1-29H. The number of rotatable bonds is 5. The van der Waals surface area contributed by atoms with E-state index in [0.717, 1.165) is 94.1 Å². The monoisotopic (exact) mass is 707 g/mol. The molecule has 258 valence electrons. The number of anilines is 3. The van der Waals surface area contributed by atoms with Gasteiger partial charge in [-0.3, -0.25) is 0 Å². The summed E-state index contributed by atoms with van der Waals surface area (Å²) < 4.78 is 21.9. The number of benzene rings is 8. The van der Waals surface area contributed by atoms with E-state index in [1.165, 1.54) is 5.39 Å². The maximum Gasteiger partial charge on any atom is 0.227 e. The fourth-order valence-corrected chi connectivity index (χ4v) is 8.43. The summed E-state index contributed by atoms with van der Waals surface area (Å²) in [6.07, 6.45) is 0. The molecule has 8 aromatic carbocycles. The first kappa shape index (κ1) is 29.9. The number of hydrogen-bond donors (Lipinski definition) is 0. The van der Waals surface area contributed by atoms with Gasteiger partial charge in [0.1, 0.15) is 22.3 Å². The summed E-state index contributed by atoms with van der Waals surface area (Å²) in [5, 5.41) is 6.34. The van der Waals surface area contributed by atoms with Crippen LogP contribution < -0.4 is 4.90 Å². The van der Waals surface area contributed by atoms with E-state index in [4.69, 9.17) is 18.2 Å². The van der Waals surface area contributed by atoms with Crippen molar-refractivity contribution in [3.63, 3.8) is 0 Å². The molecule has 55 heavy (non-hydrogen) atoms. The Morgan fingerprint density at radius 3 is 2.00 bits per heavy atom. The maximum atomic E-state index is 6.91. The van der Waals surface area contributed by atoms with Gasteiger partial charge in [-0.05, 0) is 78.9 Å². The Balaban J connectivity index is 1.18. The van der Waals surface area contributed by atoms with Crippen LogP contribution in [0.25, 0.3) is 93.9 Å². The Kier molecular flexibility index (Phi) is 6.24. The van der Waals surface area contributed by atoms with Crippen LogP contribution in [0.3, 0.4) is 0 Å². The van der Waals surface area contributed by atoms with Crippen LogP contribution in [-0.2, 0) is 0 Å². The third kappa shape index (κ3) is 4.39. The summed E-state index contributed by atoms with van der Waals surface area (Å²) in [7, 11) is 0. The van der Waals surface area contributed by atoms with Crippen LogP contribution in [0.5, 0.6) is 0 Å². The predicted molar refractivity (Wildman–Crippen MR) is 223 cm³/mol. The second-order valence-corrected chi connectivity index (χ2v) is 13.9. The summed E-state index contributed by atoms with van der Waals surface area (Å²) >= 11 is 0. The van der Waals surface area contributed by atoms with Crippen molar-refractivity contribution in [3.8, 4) is 17.1 Å². The van der Waals surface area contributed by atoms with Gasteiger partial charge in [0, 0.05) is 43.9 Å². The molecule has 0 fully saturated rings. The minimum Gasteiger partial charge on any atom is -0.456 e. The highest BCUT2D eigenvalue weighted by molar-refractivity contribution is 6.21. The van der Waals surface area contributed by atoms with Crippen molar-refractivity contribution >= 4 is 93.8 Å². The molecule has 0 amide bonds. The smallest absolute Gasteiger partial charge is 0.227 e. The van der Waals surface area contributed by atoms with Crippen molar-refractivity contribution in [2.45, 2.75) is 0 Å². The third-order valence-electron chi connectivity index (χ3n) is 10.8. The molecule has 6 heteroatoms. The first-order chi connectivity index (χ1) is 27.3. The first-order valence-corrected chi connectivity index (χ1v) is 18.4. The van der Waals surface area contributed by atoms with E-state index in [9.17, 15) is 0 Å². The quantitative estimate of drug-likeness (QED) is 0.178.